The Bertz CT molecular complexity index is 376. The van der Waals surface area contributed by atoms with Crippen LogP contribution in [0.1, 0.15) is 10.6 Å². The average Bonchev–Trinajstić information content (AvgIpc) is 2.47. The van der Waals surface area contributed by atoms with Crippen molar-refractivity contribution in [3.05, 3.63) is 22.2 Å². The zero-order valence-electron chi connectivity index (χ0n) is 8.07. The number of hydrogen-bond donors (Lipinski definition) is 1. The topological polar surface area (TPSA) is 50.2 Å². The lowest BCUT2D eigenvalue weighted by molar-refractivity contribution is -0.136. The Morgan fingerprint density at radius 3 is 3.07 bits per heavy atom. The minimum absolute atomic E-state index is 0.0510. The summed E-state index contributed by atoms with van der Waals surface area (Å²) in [4.78, 5) is 15.6. The quantitative estimate of drug-likeness (QED) is 0.830. The zero-order chi connectivity index (χ0) is 11.3. The SMILES string of the molecule is Cc1nc(SC/C=C/Cl)sc1CC(=O)O. The summed E-state index contributed by atoms with van der Waals surface area (Å²) in [5.74, 6) is -0.0675. The summed E-state index contributed by atoms with van der Waals surface area (Å²) in [5.41, 5.74) is 2.27. The smallest absolute Gasteiger partial charge is 0.308 e. The van der Waals surface area contributed by atoms with Gasteiger partial charge in [-0.2, -0.15) is 0 Å². The summed E-state index contributed by atoms with van der Waals surface area (Å²) in [6.07, 6.45) is 1.87. The lowest BCUT2D eigenvalue weighted by atomic mass is 10.3. The van der Waals surface area contributed by atoms with Crippen LogP contribution in [0.25, 0.3) is 0 Å². The number of halogens is 1. The number of rotatable bonds is 5. The molecule has 0 spiro atoms. The van der Waals surface area contributed by atoms with E-state index in [2.05, 4.69) is 4.98 Å². The summed E-state index contributed by atoms with van der Waals surface area (Å²) in [6.45, 7) is 1.83. The van der Waals surface area contributed by atoms with E-state index in [0.29, 0.717) is 0 Å². The van der Waals surface area contributed by atoms with Crippen LogP contribution in [0, 0.1) is 6.92 Å². The third kappa shape index (κ3) is 4.24. The van der Waals surface area contributed by atoms with Crippen LogP contribution in [0.3, 0.4) is 0 Å². The van der Waals surface area contributed by atoms with Crippen LogP contribution in [0.15, 0.2) is 16.0 Å². The van der Waals surface area contributed by atoms with Gasteiger partial charge in [-0.3, -0.25) is 4.79 Å². The zero-order valence-corrected chi connectivity index (χ0v) is 10.5. The molecule has 1 heterocycles. The van der Waals surface area contributed by atoms with Crippen molar-refractivity contribution >= 4 is 40.7 Å². The summed E-state index contributed by atoms with van der Waals surface area (Å²) in [6, 6.07) is 0. The molecule has 0 atom stereocenters. The van der Waals surface area contributed by atoms with Crippen molar-refractivity contribution in [2.24, 2.45) is 0 Å². The first-order valence-corrected chi connectivity index (χ1v) is 6.43. The Morgan fingerprint density at radius 1 is 1.73 bits per heavy atom. The molecular weight excluding hydrogens is 254 g/mol. The number of aryl methyl sites for hydroxylation is 1. The molecule has 1 rings (SSSR count). The predicted octanol–water partition coefficient (Wildman–Crippen LogP) is 2.92. The van der Waals surface area contributed by atoms with Crippen molar-refractivity contribution in [2.45, 2.75) is 17.7 Å². The molecule has 0 radical (unpaired) electrons. The van der Waals surface area contributed by atoms with Crippen LogP contribution in [-0.4, -0.2) is 21.8 Å². The molecule has 0 bridgehead atoms. The molecule has 0 saturated carbocycles. The molecule has 6 heteroatoms. The molecule has 0 aliphatic rings. The first-order chi connectivity index (χ1) is 7.13. The van der Waals surface area contributed by atoms with Crippen molar-refractivity contribution < 1.29 is 9.90 Å². The van der Waals surface area contributed by atoms with Crippen LogP contribution < -0.4 is 0 Å². The van der Waals surface area contributed by atoms with Crippen LogP contribution in [0.5, 0.6) is 0 Å². The Labute approximate surface area is 101 Å². The summed E-state index contributed by atoms with van der Waals surface area (Å²) in [7, 11) is 0. The number of carboxylic acid groups (broad SMARTS) is 1. The summed E-state index contributed by atoms with van der Waals surface area (Å²) < 4.78 is 0.888. The highest BCUT2D eigenvalue weighted by atomic mass is 35.5. The van der Waals surface area contributed by atoms with Gasteiger partial charge >= 0.3 is 5.97 Å². The van der Waals surface area contributed by atoms with E-state index in [9.17, 15) is 4.79 Å². The number of thiazole rings is 1. The maximum atomic E-state index is 10.5. The highest BCUT2D eigenvalue weighted by Crippen LogP contribution is 2.27. The number of nitrogens with zero attached hydrogens (tertiary/aromatic N) is 1. The van der Waals surface area contributed by atoms with Crippen LogP contribution >= 0.6 is 34.7 Å². The molecule has 1 N–H and O–H groups in total. The van der Waals surface area contributed by atoms with Crippen LogP contribution in [0.4, 0.5) is 0 Å². The lowest BCUT2D eigenvalue weighted by Crippen LogP contribution is -1.99. The molecule has 0 aliphatic heterocycles. The van der Waals surface area contributed by atoms with E-state index in [-0.39, 0.29) is 6.42 Å². The fourth-order valence-corrected chi connectivity index (χ4v) is 3.18. The minimum atomic E-state index is -0.820. The Kier molecular flexibility index (Phi) is 5.14. The molecule has 0 aliphatic carbocycles. The largest absolute Gasteiger partial charge is 0.481 e. The second-order valence-corrected chi connectivity index (χ2v) is 5.33. The molecule has 1 aromatic rings. The maximum Gasteiger partial charge on any atom is 0.308 e. The minimum Gasteiger partial charge on any atom is -0.481 e. The third-order valence-corrected chi connectivity index (χ3v) is 4.01. The van der Waals surface area contributed by atoms with Gasteiger partial charge in [0.2, 0.25) is 0 Å². The van der Waals surface area contributed by atoms with Crippen molar-refractivity contribution in [1.82, 2.24) is 4.98 Å². The second kappa shape index (κ2) is 6.15. The monoisotopic (exact) mass is 263 g/mol. The van der Waals surface area contributed by atoms with E-state index < -0.39 is 5.97 Å². The van der Waals surface area contributed by atoms with Gasteiger partial charge in [0.25, 0.3) is 0 Å². The van der Waals surface area contributed by atoms with E-state index in [1.54, 1.807) is 11.8 Å². The predicted molar refractivity (Wildman–Crippen MR) is 63.9 cm³/mol. The fraction of sp³-hybridized carbons (Fsp3) is 0.333. The van der Waals surface area contributed by atoms with Crippen LogP contribution in [0.2, 0.25) is 0 Å². The van der Waals surface area contributed by atoms with Gasteiger partial charge in [0.05, 0.1) is 12.1 Å². The number of thioether (sulfide) groups is 1. The fourth-order valence-electron chi connectivity index (χ4n) is 0.920. The normalized spacial score (nSPS) is 11.1. The van der Waals surface area contributed by atoms with Gasteiger partial charge in [-0.1, -0.05) is 29.4 Å². The van der Waals surface area contributed by atoms with Gasteiger partial charge in [0.15, 0.2) is 4.34 Å². The first kappa shape index (κ1) is 12.5. The number of aromatic nitrogens is 1. The van der Waals surface area contributed by atoms with Crippen molar-refractivity contribution in [2.75, 3.05) is 5.75 Å². The van der Waals surface area contributed by atoms with Gasteiger partial charge in [-0.05, 0) is 6.92 Å². The molecule has 0 saturated heterocycles. The van der Waals surface area contributed by atoms with E-state index in [1.165, 1.54) is 16.9 Å². The Balaban J connectivity index is 2.63. The molecule has 82 valence electrons. The summed E-state index contributed by atoms with van der Waals surface area (Å²) >= 11 is 8.37. The maximum absolute atomic E-state index is 10.5. The molecule has 0 unspecified atom stereocenters. The Hall–Kier alpha value is -0.520. The van der Waals surface area contributed by atoms with Crippen molar-refractivity contribution in [3.8, 4) is 0 Å². The van der Waals surface area contributed by atoms with E-state index in [4.69, 9.17) is 16.7 Å². The summed E-state index contributed by atoms with van der Waals surface area (Å²) in [5, 5.41) is 8.66. The lowest BCUT2D eigenvalue weighted by Gasteiger charge is -1.89. The standard InChI is InChI=1S/C9H10ClNO2S2/c1-6-7(5-8(12)13)15-9(11-6)14-4-2-3-10/h2-3H,4-5H2,1H3,(H,12,13)/b3-2+. The molecule has 0 amide bonds. The highest BCUT2D eigenvalue weighted by molar-refractivity contribution is 8.01. The molecule has 1 aromatic heterocycles. The van der Waals surface area contributed by atoms with Gasteiger partial charge in [-0.15, -0.1) is 11.3 Å². The molecule has 0 fully saturated rings. The number of aliphatic carboxylic acids is 1. The Morgan fingerprint density at radius 2 is 2.47 bits per heavy atom. The molecule has 3 nitrogen and oxygen atoms in total. The number of hydrogen-bond acceptors (Lipinski definition) is 4. The number of carbonyl (C=O) groups is 1. The van der Waals surface area contributed by atoms with Crippen LogP contribution in [-0.2, 0) is 11.2 Å². The average molecular weight is 264 g/mol. The second-order valence-electron chi connectivity index (χ2n) is 2.73. The van der Waals surface area contributed by atoms with Gasteiger partial charge < -0.3 is 5.11 Å². The van der Waals surface area contributed by atoms with Gasteiger partial charge in [0.1, 0.15) is 0 Å². The highest BCUT2D eigenvalue weighted by Gasteiger charge is 2.10. The van der Waals surface area contributed by atoms with Crippen molar-refractivity contribution in [3.63, 3.8) is 0 Å². The molecular formula is C9H10ClNO2S2. The van der Waals surface area contributed by atoms with Gasteiger partial charge in [-0.25, -0.2) is 4.98 Å². The third-order valence-electron chi connectivity index (χ3n) is 1.58. The van der Waals surface area contributed by atoms with E-state index in [0.717, 1.165) is 20.7 Å². The van der Waals surface area contributed by atoms with Crippen molar-refractivity contribution in [1.29, 1.82) is 0 Å². The molecule has 0 aromatic carbocycles. The van der Waals surface area contributed by atoms with Gasteiger partial charge in [0, 0.05) is 16.2 Å². The van der Waals surface area contributed by atoms with E-state index in [1.807, 2.05) is 13.0 Å². The number of carboxylic acids is 1. The first-order valence-electron chi connectivity index (χ1n) is 4.19. The van der Waals surface area contributed by atoms with E-state index >= 15 is 0 Å². The molecule has 15 heavy (non-hydrogen) atoms.